The summed E-state index contributed by atoms with van der Waals surface area (Å²) >= 11 is 0. The number of ether oxygens (including phenoxy) is 3. The standard InChI is InChI=1S/C50H82O6/c1-4-7-10-13-16-19-22-25-28-31-34-37-40-43-49(52)55-46-47(45-54-48(51)42-39-36-33-30-27-24-21-18-15-12-9-6-3)56-50(53)44-41-38-35-32-29-26-23-20-17-14-11-8-5-2/h7-8,10-11,16-21,25-26,28-29,47H,4-6,9,12-15,22-24,27,30-46H2,1-3H3/b10-7-,11-8-,19-16-,20-17-,21-18-,28-25-,29-26-. The van der Waals surface area contributed by atoms with Crippen molar-refractivity contribution in [2.45, 2.75) is 200 Å². The number of carbonyl (C=O) groups is 3. The van der Waals surface area contributed by atoms with Crippen LogP contribution < -0.4 is 0 Å². The average Bonchev–Trinajstić information content (AvgIpc) is 3.19. The van der Waals surface area contributed by atoms with E-state index < -0.39 is 6.10 Å². The molecule has 0 radical (unpaired) electrons. The van der Waals surface area contributed by atoms with Crippen LogP contribution in [0.5, 0.6) is 0 Å². The summed E-state index contributed by atoms with van der Waals surface area (Å²) in [5, 5.41) is 0. The van der Waals surface area contributed by atoms with Gasteiger partial charge in [0.1, 0.15) is 13.2 Å². The molecular weight excluding hydrogens is 697 g/mol. The van der Waals surface area contributed by atoms with E-state index in [-0.39, 0.29) is 37.5 Å². The summed E-state index contributed by atoms with van der Waals surface area (Å²) in [7, 11) is 0. The molecule has 0 amide bonds. The summed E-state index contributed by atoms with van der Waals surface area (Å²) in [5.41, 5.74) is 0. The van der Waals surface area contributed by atoms with Gasteiger partial charge in [-0.05, 0) is 109 Å². The first kappa shape index (κ1) is 52.6. The van der Waals surface area contributed by atoms with E-state index in [0.717, 1.165) is 122 Å². The summed E-state index contributed by atoms with van der Waals surface area (Å²) in [5.74, 6) is -0.981. The molecule has 0 rings (SSSR count). The van der Waals surface area contributed by atoms with Gasteiger partial charge in [0.05, 0.1) is 0 Å². The molecule has 0 aromatic carbocycles. The van der Waals surface area contributed by atoms with Gasteiger partial charge in [0.25, 0.3) is 0 Å². The molecule has 0 spiro atoms. The summed E-state index contributed by atoms with van der Waals surface area (Å²) < 4.78 is 16.6. The van der Waals surface area contributed by atoms with E-state index in [4.69, 9.17) is 14.2 Å². The normalized spacial score (nSPS) is 12.8. The summed E-state index contributed by atoms with van der Waals surface area (Å²) in [6, 6.07) is 0. The number of hydrogen-bond donors (Lipinski definition) is 0. The van der Waals surface area contributed by atoms with E-state index in [1.807, 2.05) is 0 Å². The Morgan fingerprint density at radius 2 is 0.696 bits per heavy atom. The van der Waals surface area contributed by atoms with Crippen LogP contribution in [0.2, 0.25) is 0 Å². The van der Waals surface area contributed by atoms with Gasteiger partial charge in [0.2, 0.25) is 0 Å². The maximum absolute atomic E-state index is 12.7. The highest BCUT2D eigenvalue weighted by atomic mass is 16.6. The second-order valence-corrected chi connectivity index (χ2v) is 14.5. The largest absolute Gasteiger partial charge is 0.462 e. The third-order valence-electron chi connectivity index (χ3n) is 9.11. The van der Waals surface area contributed by atoms with Gasteiger partial charge in [-0.15, -0.1) is 0 Å². The number of esters is 3. The average molecular weight is 779 g/mol. The van der Waals surface area contributed by atoms with Gasteiger partial charge in [-0.25, -0.2) is 0 Å². The fourth-order valence-electron chi connectivity index (χ4n) is 5.76. The maximum atomic E-state index is 12.7. The van der Waals surface area contributed by atoms with Crippen LogP contribution in [0.15, 0.2) is 85.1 Å². The Morgan fingerprint density at radius 1 is 0.375 bits per heavy atom. The molecule has 0 fully saturated rings. The van der Waals surface area contributed by atoms with Crippen LogP contribution in [0.1, 0.15) is 194 Å². The predicted molar refractivity (Wildman–Crippen MR) is 237 cm³/mol. The molecule has 0 bridgehead atoms. The summed E-state index contributed by atoms with van der Waals surface area (Å²) in [4.78, 5) is 37.7. The molecule has 318 valence electrons. The van der Waals surface area contributed by atoms with Crippen molar-refractivity contribution in [2.24, 2.45) is 0 Å². The molecular formula is C50H82O6. The van der Waals surface area contributed by atoms with Crippen molar-refractivity contribution < 1.29 is 28.6 Å². The second kappa shape index (κ2) is 44.3. The van der Waals surface area contributed by atoms with Crippen LogP contribution in [0.3, 0.4) is 0 Å². The topological polar surface area (TPSA) is 78.9 Å². The van der Waals surface area contributed by atoms with Crippen molar-refractivity contribution in [3.8, 4) is 0 Å². The van der Waals surface area contributed by atoms with E-state index in [9.17, 15) is 14.4 Å². The van der Waals surface area contributed by atoms with Crippen LogP contribution in [0.4, 0.5) is 0 Å². The van der Waals surface area contributed by atoms with Gasteiger partial charge < -0.3 is 14.2 Å². The molecule has 1 atom stereocenters. The van der Waals surface area contributed by atoms with Gasteiger partial charge in [-0.2, -0.15) is 0 Å². The molecule has 0 N–H and O–H groups in total. The Kier molecular flexibility index (Phi) is 41.6. The second-order valence-electron chi connectivity index (χ2n) is 14.5. The highest BCUT2D eigenvalue weighted by Gasteiger charge is 2.19. The number of carbonyl (C=O) groups excluding carboxylic acids is 3. The Morgan fingerprint density at radius 3 is 1.12 bits per heavy atom. The molecule has 6 nitrogen and oxygen atoms in total. The zero-order valence-corrected chi connectivity index (χ0v) is 36.1. The number of hydrogen-bond acceptors (Lipinski definition) is 6. The van der Waals surface area contributed by atoms with Crippen LogP contribution in [-0.4, -0.2) is 37.2 Å². The molecule has 0 saturated carbocycles. The summed E-state index contributed by atoms with van der Waals surface area (Å²) in [6.45, 7) is 6.30. The summed E-state index contributed by atoms with van der Waals surface area (Å²) in [6.07, 6.45) is 55.7. The van der Waals surface area contributed by atoms with E-state index >= 15 is 0 Å². The molecule has 56 heavy (non-hydrogen) atoms. The molecule has 6 heteroatoms. The van der Waals surface area contributed by atoms with Crippen molar-refractivity contribution in [3.05, 3.63) is 85.1 Å². The Balaban J connectivity index is 4.51. The number of rotatable bonds is 39. The Bertz CT molecular complexity index is 1120. The first-order valence-corrected chi connectivity index (χ1v) is 22.6. The third-order valence-corrected chi connectivity index (χ3v) is 9.11. The van der Waals surface area contributed by atoms with E-state index in [1.54, 1.807) is 0 Å². The highest BCUT2D eigenvalue weighted by molar-refractivity contribution is 5.71. The molecule has 0 aromatic rings. The van der Waals surface area contributed by atoms with Gasteiger partial charge in [0, 0.05) is 19.3 Å². The molecule has 0 heterocycles. The Hall–Kier alpha value is -3.41. The van der Waals surface area contributed by atoms with E-state index in [2.05, 4.69) is 106 Å². The minimum atomic E-state index is -0.805. The van der Waals surface area contributed by atoms with Crippen molar-refractivity contribution in [1.82, 2.24) is 0 Å². The van der Waals surface area contributed by atoms with Gasteiger partial charge in [0.15, 0.2) is 6.10 Å². The van der Waals surface area contributed by atoms with Gasteiger partial charge in [-0.1, -0.05) is 151 Å². The fraction of sp³-hybridized carbons (Fsp3) is 0.660. The lowest BCUT2D eigenvalue weighted by Crippen LogP contribution is -2.30. The monoisotopic (exact) mass is 779 g/mol. The van der Waals surface area contributed by atoms with Crippen molar-refractivity contribution in [3.63, 3.8) is 0 Å². The molecule has 0 saturated heterocycles. The maximum Gasteiger partial charge on any atom is 0.306 e. The first-order chi connectivity index (χ1) is 27.5. The minimum absolute atomic E-state index is 0.104. The molecule has 0 aliphatic carbocycles. The van der Waals surface area contributed by atoms with Crippen LogP contribution in [0, 0.1) is 0 Å². The van der Waals surface area contributed by atoms with E-state index in [0.29, 0.717) is 12.8 Å². The lowest BCUT2D eigenvalue weighted by molar-refractivity contribution is -0.167. The zero-order chi connectivity index (χ0) is 40.8. The third kappa shape index (κ3) is 41.7. The minimum Gasteiger partial charge on any atom is -0.462 e. The smallest absolute Gasteiger partial charge is 0.306 e. The highest BCUT2D eigenvalue weighted by Crippen LogP contribution is 2.12. The lowest BCUT2D eigenvalue weighted by Gasteiger charge is -2.18. The van der Waals surface area contributed by atoms with Crippen molar-refractivity contribution >= 4 is 17.9 Å². The number of unbranched alkanes of at least 4 members (excludes halogenated alkanes) is 14. The molecule has 1 unspecified atom stereocenters. The van der Waals surface area contributed by atoms with E-state index in [1.165, 1.54) is 32.1 Å². The van der Waals surface area contributed by atoms with Crippen LogP contribution >= 0.6 is 0 Å². The lowest BCUT2D eigenvalue weighted by atomic mass is 10.1. The molecule has 0 aliphatic heterocycles. The van der Waals surface area contributed by atoms with Crippen molar-refractivity contribution in [1.29, 1.82) is 0 Å². The van der Waals surface area contributed by atoms with Gasteiger partial charge in [-0.3, -0.25) is 14.4 Å². The molecule has 0 aromatic heterocycles. The number of allylic oxidation sites excluding steroid dienone is 14. The Labute approximate surface area is 344 Å². The van der Waals surface area contributed by atoms with Crippen molar-refractivity contribution in [2.75, 3.05) is 13.2 Å². The quantitative estimate of drug-likeness (QED) is 0.0268. The SMILES string of the molecule is CC/C=C\C/C=C\C/C=C\CCCCCC(=O)OCC(COC(=O)CCCCCCC/C=C\CCCCC)OC(=O)CCCCC/C=C\C/C=C\C/C=C\CC. The first-order valence-electron chi connectivity index (χ1n) is 22.6. The fourth-order valence-corrected chi connectivity index (χ4v) is 5.76. The molecule has 0 aliphatic rings. The van der Waals surface area contributed by atoms with Crippen LogP contribution in [0.25, 0.3) is 0 Å². The zero-order valence-electron chi connectivity index (χ0n) is 36.1. The predicted octanol–water partition coefficient (Wildman–Crippen LogP) is 14.5. The van der Waals surface area contributed by atoms with Gasteiger partial charge >= 0.3 is 17.9 Å². The van der Waals surface area contributed by atoms with Crippen LogP contribution in [-0.2, 0) is 28.6 Å².